The molecule has 98 valence electrons. The number of carbonyl (C=O) groups is 1. The van der Waals surface area contributed by atoms with E-state index in [1.807, 2.05) is 4.90 Å². The van der Waals surface area contributed by atoms with Gasteiger partial charge in [0, 0.05) is 32.8 Å². The maximum atomic E-state index is 12.6. The van der Waals surface area contributed by atoms with Gasteiger partial charge < -0.3 is 15.4 Å². The van der Waals surface area contributed by atoms with Crippen molar-refractivity contribution in [3.63, 3.8) is 0 Å². The topological polar surface area (TPSA) is 55.6 Å². The Morgan fingerprint density at radius 3 is 2.24 bits per heavy atom. The van der Waals surface area contributed by atoms with Crippen LogP contribution in [0.4, 0.5) is 0 Å². The first-order valence-corrected chi connectivity index (χ1v) is 6.86. The maximum Gasteiger partial charge on any atom is 0.230 e. The quantitative estimate of drug-likeness (QED) is 0.787. The fraction of sp³-hybridized carbons (Fsp3) is 0.923. The van der Waals surface area contributed by atoms with Gasteiger partial charge in [-0.05, 0) is 25.7 Å². The number of hydrogen-bond donors (Lipinski definition) is 1. The van der Waals surface area contributed by atoms with E-state index < -0.39 is 0 Å². The molecule has 0 aromatic heterocycles. The van der Waals surface area contributed by atoms with Gasteiger partial charge in [0.15, 0.2) is 0 Å². The minimum Gasteiger partial charge on any atom is -0.381 e. The monoisotopic (exact) mass is 240 g/mol. The van der Waals surface area contributed by atoms with Crippen molar-refractivity contribution >= 4 is 5.91 Å². The van der Waals surface area contributed by atoms with E-state index >= 15 is 0 Å². The molecule has 4 heteroatoms. The molecule has 2 fully saturated rings. The molecular weight excluding hydrogens is 216 g/mol. The smallest absolute Gasteiger partial charge is 0.230 e. The Morgan fingerprint density at radius 2 is 1.71 bits per heavy atom. The molecular formula is C13H24N2O2. The highest BCUT2D eigenvalue weighted by Gasteiger charge is 2.41. The molecule has 0 aromatic rings. The molecule has 4 nitrogen and oxygen atoms in total. The second-order valence-corrected chi connectivity index (χ2v) is 5.30. The lowest BCUT2D eigenvalue weighted by Crippen LogP contribution is -2.51. The number of carbonyl (C=O) groups excluding carboxylic acids is 1. The molecule has 0 unspecified atom stereocenters. The molecule has 2 rings (SSSR count). The number of nitrogens with zero attached hydrogens (tertiary/aromatic N) is 1. The summed E-state index contributed by atoms with van der Waals surface area (Å²) < 4.78 is 5.36. The predicted octanol–water partition coefficient (Wildman–Crippen LogP) is 1.14. The molecule has 0 aliphatic carbocycles. The SMILES string of the molecule is NCC1(C(=O)N2CCCCCC2)CCOCC1. The molecule has 17 heavy (non-hydrogen) atoms. The Kier molecular flexibility index (Phi) is 4.40. The number of nitrogens with two attached hydrogens (primary N) is 1. The zero-order valence-corrected chi connectivity index (χ0v) is 10.6. The van der Waals surface area contributed by atoms with Gasteiger partial charge in [-0.15, -0.1) is 0 Å². The fourth-order valence-corrected chi connectivity index (χ4v) is 2.88. The number of likely N-dealkylation sites (tertiary alicyclic amines) is 1. The Labute approximate surface area is 103 Å². The highest BCUT2D eigenvalue weighted by molar-refractivity contribution is 5.83. The maximum absolute atomic E-state index is 12.6. The van der Waals surface area contributed by atoms with Crippen LogP contribution in [0.15, 0.2) is 0 Å². The van der Waals surface area contributed by atoms with Crippen molar-refractivity contribution in [2.75, 3.05) is 32.8 Å². The van der Waals surface area contributed by atoms with Gasteiger partial charge in [0.05, 0.1) is 5.41 Å². The van der Waals surface area contributed by atoms with Gasteiger partial charge in [0.25, 0.3) is 0 Å². The average molecular weight is 240 g/mol. The molecule has 0 radical (unpaired) electrons. The van der Waals surface area contributed by atoms with Gasteiger partial charge in [-0.25, -0.2) is 0 Å². The second kappa shape index (κ2) is 5.83. The van der Waals surface area contributed by atoms with E-state index in [1.165, 1.54) is 12.8 Å². The van der Waals surface area contributed by atoms with Crippen molar-refractivity contribution in [1.29, 1.82) is 0 Å². The Balaban J connectivity index is 2.04. The molecule has 1 amide bonds. The predicted molar refractivity (Wildman–Crippen MR) is 66.6 cm³/mol. The van der Waals surface area contributed by atoms with Crippen molar-refractivity contribution in [2.24, 2.45) is 11.1 Å². The Hall–Kier alpha value is -0.610. The Morgan fingerprint density at radius 1 is 1.12 bits per heavy atom. The van der Waals surface area contributed by atoms with Crippen LogP contribution < -0.4 is 5.73 Å². The first-order valence-electron chi connectivity index (χ1n) is 6.86. The highest BCUT2D eigenvalue weighted by atomic mass is 16.5. The van der Waals surface area contributed by atoms with Crippen LogP contribution in [0.1, 0.15) is 38.5 Å². The summed E-state index contributed by atoms with van der Waals surface area (Å²) in [4.78, 5) is 14.7. The number of rotatable bonds is 2. The summed E-state index contributed by atoms with van der Waals surface area (Å²) in [6.45, 7) is 3.65. The highest BCUT2D eigenvalue weighted by Crippen LogP contribution is 2.32. The molecule has 0 bridgehead atoms. The van der Waals surface area contributed by atoms with Crippen LogP contribution in [0.5, 0.6) is 0 Å². The van der Waals surface area contributed by atoms with E-state index in [0.717, 1.165) is 38.8 Å². The molecule has 2 heterocycles. The van der Waals surface area contributed by atoms with Gasteiger partial charge in [0.2, 0.25) is 5.91 Å². The molecule has 0 spiro atoms. The number of ether oxygens (including phenoxy) is 1. The standard InChI is InChI=1S/C13H24N2O2/c14-11-13(5-9-17-10-6-13)12(16)15-7-3-1-2-4-8-15/h1-11,14H2. The van der Waals surface area contributed by atoms with Crippen LogP contribution in [0.3, 0.4) is 0 Å². The van der Waals surface area contributed by atoms with Gasteiger partial charge in [-0.3, -0.25) is 4.79 Å². The number of hydrogen-bond acceptors (Lipinski definition) is 3. The summed E-state index contributed by atoms with van der Waals surface area (Å²) in [5.41, 5.74) is 5.55. The summed E-state index contributed by atoms with van der Waals surface area (Å²) in [7, 11) is 0. The first kappa shape index (κ1) is 12.8. The molecule has 2 N–H and O–H groups in total. The third-order valence-corrected chi connectivity index (χ3v) is 4.19. The van der Waals surface area contributed by atoms with Gasteiger partial charge in [-0.2, -0.15) is 0 Å². The molecule has 2 aliphatic rings. The minimum atomic E-state index is -0.331. The summed E-state index contributed by atoms with van der Waals surface area (Å²) in [6.07, 6.45) is 6.37. The fourth-order valence-electron chi connectivity index (χ4n) is 2.88. The lowest BCUT2D eigenvalue weighted by molar-refractivity contribution is -0.147. The van der Waals surface area contributed by atoms with E-state index in [-0.39, 0.29) is 11.3 Å². The zero-order valence-electron chi connectivity index (χ0n) is 10.6. The minimum absolute atomic E-state index is 0.283. The molecule has 0 aromatic carbocycles. The summed E-state index contributed by atoms with van der Waals surface area (Å²) in [5.74, 6) is 0.283. The van der Waals surface area contributed by atoms with Crippen molar-refractivity contribution in [1.82, 2.24) is 4.90 Å². The summed E-state index contributed by atoms with van der Waals surface area (Å²) >= 11 is 0. The third kappa shape index (κ3) is 2.80. The van der Waals surface area contributed by atoms with Crippen molar-refractivity contribution in [3.05, 3.63) is 0 Å². The normalized spacial score (nSPS) is 25.4. The molecule has 0 saturated carbocycles. The van der Waals surface area contributed by atoms with E-state index in [9.17, 15) is 4.79 Å². The van der Waals surface area contributed by atoms with Crippen LogP contribution in [-0.2, 0) is 9.53 Å². The van der Waals surface area contributed by atoms with E-state index in [0.29, 0.717) is 19.8 Å². The van der Waals surface area contributed by atoms with Crippen LogP contribution in [-0.4, -0.2) is 43.7 Å². The largest absolute Gasteiger partial charge is 0.381 e. The lowest BCUT2D eigenvalue weighted by Gasteiger charge is -2.38. The van der Waals surface area contributed by atoms with Gasteiger partial charge >= 0.3 is 0 Å². The van der Waals surface area contributed by atoms with Gasteiger partial charge in [-0.1, -0.05) is 12.8 Å². The van der Waals surface area contributed by atoms with Crippen LogP contribution >= 0.6 is 0 Å². The lowest BCUT2D eigenvalue weighted by atomic mass is 9.79. The number of amides is 1. The van der Waals surface area contributed by atoms with Crippen molar-refractivity contribution < 1.29 is 9.53 Å². The Bertz CT molecular complexity index is 254. The molecule has 2 saturated heterocycles. The molecule has 0 atom stereocenters. The zero-order chi connectivity index (χ0) is 12.1. The van der Waals surface area contributed by atoms with Gasteiger partial charge in [0.1, 0.15) is 0 Å². The van der Waals surface area contributed by atoms with Crippen LogP contribution in [0, 0.1) is 5.41 Å². The summed E-state index contributed by atoms with van der Waals surface area (Å²) in [6, 6.07) is 0. The van der Waals surface area contributed by atoms with Crippen LogP contribution in [0.2, 0.25) is 0 Å². The second-order valence-electron chi connectivity index (χ2n) is 5.30. The first-order chi connectivity index (χ1) is 8.28. The van der Waals surface area contributed by atoms with E-state index in [2.05, 4.69) is 0 Å². The molecule has 2 aliphatic heterocycles. The van der Waals surface area contributed by atoms with E-state index in [1.54, 1.807) is 0 Å². The third-order valence-electron chi connectivity index (χ3n) is 4.19. The van der Waals surface area contributed by atoms with E-state index in [4.69, 9.17) is 10.5 Å². The average Bonchev–Trinajstić information content (AvgIpc) is 2.67. The van der Waals surface area contributed by atoms with Crippen molar-refractivity contribution in [3.8, 4) is 0 Å². The van der Waals surface area contributed by atoms with Crippen LogP contribution in [0.25, 0.3) is 0 Å². The summed E-state index contributed by atoms with van der Waals surface area (Å²) in [5, 5.41) is 0. The van der Waals surface area contributed by atoms with Crippen molar-refractivity contribution in [2.45, 2.75) is 38.5 Å².